The van der Waals surface area contributed by atoms with Crippen LogP contribution in [0.25, 0.3) is 143 Å². The minimum absolute atomic E-state index is 0.496. The molecule has 8 nitrogen and oxygen atoms in total. The second-order valence-corrected chi connectivity index (χ2v) is 19.8. The molecule has 8 heteroatoms. The number of nitriles is 1. The highest BCUT2D eigenvalue weighted by atomic mass is 15.1. The third-order valence-electron chi connectivity index (χ3n) is 15.9. The number of fused-ring (bicyclic) bond motifs is 14. The average Bonchev–Trinajstić information content (AvgIpc) is 3.58. The first-order valence-electron chi connectivity index (χ1n) is 26.1. The molecule has 0 aliphatic heterocycles. The number of hydrogen-bond donors (Lipinski definition) is 0. The molecule has 0 amide bonds. The summed E-state index contributed by atoms with van der Waals surface area (Å²) in [5, 5.41) is 21.7. The SMILES string of the molecule is N#Cc1c(-n2c3ccccc3c3ccc4c5ccccc5n(-c5ccccc5)c4c32)c(-c2ccncc2)c(-c2ccncc2)c(-c2ccncc2)c1-n1c2ccccc2c2ccc3c4ccccc4n(-c4ccccc4)c3c21. The lowest BCUT2D eigenvalue weighted by Gasteiger charge is -2.28. The molecule has 0 bridgehead atoms. The maximum atomic E-state index is 12.9. The summed E-state index contributed by atoms with van der Waals surface area (Å²) >= 11 is 0. The van der Waals surface area contributed by atoms with Gasteiger partial charge in [-0.2, -0.15) is 5.26 Å². The summed E-state index contributed by atoms with van der Waals surface area (Å²) in [6, 6.07) is 80.6. The van der Waals surface area contributed by atoms with Crippen molar-refractivity contribution in [2.45, 2.75) is 0 Å². The van der Waals surface area contributed by atoms with Crippen LogP contribution >= 0.6 is 0 Å². The van der Waals surface area contributed by atoms with Gasteiger partial charge in [-0.15, -0.1) is 0 Å². The fourth-order valence-corrected chi connectivity index (χ4v) is 12.8. The third kappa shape index (κ3) is 6.12. The average molecular weight is 995 g/mol. The molecule has 16 aromatic rings. The van der Waals surface area contributed by atoms with Gasteiger partial charge in [0.15, 0.2) is 0 Å². The van der Waals surface area contributed by atoms with Gasteiger partial charge >= 0.3 is 0 Å². The third-order valence-corrected chi connectivity index (χ3v) is 15.9. The summed E-state index contributed by atoms with van der Waals surface area (Å²) in [4.78, 5) is 13.8. The molecule has 9 aromatic carbocycles. The second-order valence-electron chi connectivity index (χ2n) is 19.8. The van der Waals surface area contributed by atoms with E-state index in [2.05, 4.69) is 258 Å². The van der Waals surface area contributed by atoms with Gasteiger partial charge < -0.3 is 18.3 Å². The van der Waals surface area contributed by atoms with Crippen molar-refractivity contribution in [3.8, 4) is 62.2 Å². The fraction of sp³-hybridized carbons (Fsp3) is 0. The Hall–Kier alpha value is -10.9. The van der Waals surface area contributed by atoms with E-state index in [4.69, 9.17) is 0 Å². The molecular weight excluding hydrogens is 953 g/mol. The molecule has 0 saturated carbocycles. The molecule has 0 radical (unpaired) electrons. The molecule has 0 unspecified atom stereocenters. The Morgan fingerprint density at radius 1 is 0.269 bits per heavy atom. The van der Waals surface area contributed by atoms with Crippen molar-refractivity contribution in [3.63, 3.8) is 0 Å². The van der Waals surface area contributed by atoms with Crippen LogP contribution in [0.5, 0.6) is 0 Å². The van der Waals surface area contributed by atoms with Crippen molar-refractivity contribution in [2.75, 3.05) is 0 Å². The molecule has 7 heterocycles. The lowest BCUT2D eigenvalue weighted by Crippen LogP contribution is -2.11. The minimum atomic E-state index is 0.496. The van der Waals surface area contributed by atoms with Crippen molar-refractivity contribution in [1.82, 2.24) is 33.2 Å². The molecule has 7 aromatic heterocycles. The quantitative estimate of drug-likeness (QED) is 0.159. The van der Waals surface area contributed by atoms with E-state index in [9.17, 15) is 5.26 Å². The molecule has 78 heavy (non-hydrogen) atoms. The molecule has 0 N–H and O–H groups in total. The molecule has 0 fully saturated rings. The van der Waals surface area contributed by atoms with Gasteiger partial charge in [0, 0.05) is 108 Å². The van der Waals surface area contributed by atoms with Crippen LogP contribution in [0.2, 0.25) is 0 Å². The van der Waals surface area contributed by atoms with Gasteiger partial charge in [0.1, 0.15) is 11.6 Å². The van der Waals surface area contributed by atoms with Crippen LogP contribution in [0.3, 0.4) is 0 Å². The van der Waals surface area contributed by atoms with E-state index in [1.54, 1.807) is 0 Å². The van der Waals surface area contributed by atoms with Crippen molar-refractivity contribution >= 4 is 87.2 Å². The first-order valence-corrected chi connectivity index (χ1v) is 26.1. The van der Waals surface area contributed by atoms with Crippen LogP contribution in [-0.2, 0) is 0 Å². The van der Waals surface area contributed by atoms with Crippen LogP contribution in [0.15, 0.2) is 256 Å². The van der Waals surface area contributed by atoms with Crippen molar-refractivity contribution in [2.24, 2.45) is 0 Å². The van der Waals surface area contributed by atoms with Gasteiger partial charge in [0.05, 0.1) is 55.5 Å². The lowest BCUT2D eigenvalue weighted by molar-refractivity contribution is 1.11. The monoisotopic (exact) mass is 994 g/mol. The van der Waals surface area contributed by atoms with Gasteiger partial charge in [-0.25, -0.2) is 0 Å². The maximum absolute atomic E-state index is 12.9. The summed E-state index contributed by atoms with van der Waals surface area (Å²) in [7, 11) is 0. The topological polar surface area (TPSA) is 82.2 Å². The largest absolute Gasteiger partial charge is 0.307 e. The summed E-state index contributed by atoms with van der Waals surface area (Å²) in [5.74, 6) is 0. The van der Waals surface area contributed by atoms with E-state index in [0.29, 0.717) is 5.56 Å². The van der Waals surface area contributed by atoms with E-state index >= 15 is 0 Å². The molecule has 16 rings (SSSR count). The molecule has 0 saturated heterocycles. The Balaban J connectivity index is 1.22. The summed E-state index contributed by atoms with van der Waals surface area (Å²) in [6.45, 7) is 0. The van der Waals surface area contributed by atoms with Gasteiger partial charge in [0.25, 0.3) is 0 Å². The van der Waals surface area contributed by atoms with Gasteiger partial charge in [-0.3, -0.25) is 15.0 Å². The number of aromatic nitrogens is 7. The molecule has 0 aliphatic rings. The van der Waals surface area contributed by atoms with Gasteiger partial charge in [-0.1, -0.05) is 133 Å². The number of pyridine rings is 3. The Labute approximate surface area is 446 Å². The van der Waals surface area contributed by atoms with E-state index in [1.807, 2.05) is 37.2 Å². The zero-order valence-electron chi connectivity index (χ0n) is 41.8. The number of benzene rings is 9. The van der Waals surface area contributed by atoms with Crippen LogP contribution in [-0.4, -0.2) is 33.2 Å². The fourth-order valence-electron chi connectivity index (χ4n) is 12.8. The molecular formula is C70H42N8. The predicted octanol–water partition coefficient (Wildman–Crippen LogP) is 17.1. The van der Waals surface area contributed by atoms with Crippen molar-refractivity contribution in [3.05, 3.63) is 261 Å². The van der Waals surface area contributed by atoms with E-state index in [-0.39, 0.29) is 0 Å². The maximum Gasteiger partial charge on any atom is 0.104 e. The number of rotatable bonds is 7. The predicted molar refractivity (Wildman–Crippen MR) is 318 cm³/mol. The van der Waals surface area contributed by atoms with Crippen LogP contribution < -0.4 is 0 Å². The Bertz CT molecular complexity index is 4830. The highest BCUT2D eigenvalue weighted by molar-refractivity contribution is 6.26. The van der Waals surface area contributed by atoms with Crippen LogP contribution in [0, 0.1) is 11.3 Å². The highest BCUT2D eigenvalue weighted by Gasteiger charge is 2.34. The second kappa shape index (κ2) is 17.1. The van der Waals surface area contributed by atoms with E-state index in [1.165, 1.54) is 0 Å². The molecule has 0 spiro atoms. The van der Waals surface area contributed by atoms with Gasteiger partial charge in [-0.05, 0) is 102 Å². The van der Waals surface area contributed by atoms with Crippen molar-refractivity contribution < 1.29 is 0 Å². The normalized spacial score (nSPS) is 11.8. The summed E-state index contributed by atoms with van der Waals surface area (Å²) in [5.41, 5.74) is 17.6. The van der Waals surface area contributed by atoms with Crippen LogP contribution in [0.4, 0.5) is 0 Å². The highest BCUT2D eigenvalue weighted by Crippen LogP contribution is 2.54. The Morgan fingerprint density at radius 2 is 0.551 bits per heavy atom. The standard InChI is InChI=1S/C70H42N8/c71-43-57-65(77-60-25-13-9-21-51(60)55-29-27-53-49-19-7-11-23-58(49)75(67(53)69(55)77)47-15-3-1-4-16-47)63(45-33-39-73-40-34-45)62(44-31-37-72-38-32-44)64(46-35-41-74-42-36-46)66(57)78-61-26-14-10-22-52(61)56-30-28-54-50-20-8-12-24-59(50)76(68(54)70(56)78)48-17-5-2-6-18-48/h1-42H. The van der Waals surface area contributed by atoms with Crippen molar-refractivity contribution in [1.29, 1.82) is 5.26 Å². The molecule has 0 aliphatic carbocycles. The summed E-state index contributed by atoms with van der Waals surface area (Å²) in [6.07, 6.45) is 11.1. The summed E-state index contributed by atoms with van der Waals surface area (Å²) < 4.78 is 9.63. The first kappa shape index (κ1) is 43.5. The molecule has 0 atom stereocenters. The van der Waals surface area contributed by atoms with E-state index in [0.717, 1.165) is 143 Å². The van der Waals surface area contributed by atoms with E-state index < -0.39 is 0 Å². The number of para-hydroxylation sites is 6. The Kier molecular flexibility index (Phi) is 9.53. The zero-order valence-corrected chi connectivity index (χ0v) is 41.8. The zero-order chi connectivity index (χ0) is 51.4. The minimum Gasteiger partial charge on any atom is -0.307 e. The van der Waals surface area contributed by atoms with Gasteiger partial charge in [0.2, 0.25) is 0 Å². The number of nitrogens with zero attached hydrogens (tertiary/aromatic N) is 8. The molecule has 362 valence electrons. The lowest BCUT2D eigenvalue weighted by atomic mass is 9.83. The number of hydrogen-bond acceptors (Lipinski definition) is 4. The first-order chi connectivity index (χ1) is 38.8. The smallest absolute Gasteiger partial charge is 0.104 e. The Morgan fingerprint density at radius 3 is 0.885 bits per heavy atom. The van der Waals surface area contributed by atoms with Crippen LogP contribution in [0.1, 0.15) is 5.56 Å².